The Labute approximate surface area is 146 Å². The fourth-order valence-corrected chi connectivity index (χ4v) is 2.82. The number of benzene rings is 1. The van der Waals surface area contributed by atoms with Gasteiger partial charge >= 0.3 is 5.97 Å². The summed E-state index contributed by atoms with van der Waals surface area (Å²) in [5, 5.41) is 0. The number of carbonyl (C=O) groups excluding carboxylic acids is 1. The molecule has 1 aromatic carbocycles. The van der Waals surface area contributed by atoms with E-state index < -0.39 is 0 Å². The minimum Gasteiger partial charge on any atom is -0.422 e. The normalized spacial score (nSPS) is 16.0. The van der Waals surface area contributed by atoms with Crippen molar-refractivity contribution in [3.05, 3.63) is 81.3 Å². The van der Waals surface area contributed by atoms with Crippen molar-refractivity contribution >= 4 is 46.0 Å². The van der Waals surface area contributed by atoms with E-state index in [-0.39, 0.29) is 5.97 Å². The second-order valence-corrected chi connectivity index (χ2v) is 6.36. The SMILES string of the molecule is O=C1OC(c2ccc(I)cc2)=C/C1=C\c1cnc2ccccn12. The molecule has 5 heteroatoms. The molecule has 112 valence electrons. The van der Waals surface area contributed by atoms with Crippen LogP contribution in [0.3, 0.4) is 0 Å². The van der Waals surface area contributed by atoms with Gasteiger partial charge in [0.2, 0.25) is 0 Å². The maximum atomic E-state index is 12.1. The first-order valence-corrected chi connectivity index (χ1v) is 8.12. The van der Waals surface area contributed by atoms with Gasteiger partial charge < -0.3 is 9.14 Å². The van der Waals surface area contributed by atoms with Crippen LogP contribution in [-0.2, 0) is 9.53 Å². The van der Waals surface area contributed by atoms with Crippen LogP contribution < -0.4 is 0 Å². The van der Waals surface area contributed by atoms with Gasteiger partial charge in [-0.25, -0.2) is 9.78 Å². The first-order chi connectivity index (χ1) is 11.2. The van der Waals surface area contributed by atoms with Gasteiger partial charge in [0.1, 0.15) is 11.4 Å². The topological polar surface area (TPSA) is 43.6 Å². The van der Waals surface area contributed by atoms with Crippen LogP contribution in [0.15, 0.2) is 66.5 Å². The Bertz CT molecular complexity index is 968. The number of rotatable bonds is 2. The summed E-state index contributed by atoms with van der Waals surface area (Å²) in [6.45, 7) is 0. The lowest BCUT2D eigenvalue weighted by atomic mass is 10.1. The zero-order valence-electron chi connectivity index (χ0n) is 11.9. The molecule has 4 nitrogen and oxygen atoms in total. The van der Waals surface area contributed by atoms with Crippen molar-refractivity contribution in [3.8, 4) is 0 Å². The summed E-state index contributed by atoms with van der Waals surface area (Å²) in [6.07, 6.45) is 7.22. The first-order valence-electron chi connectivity index (χ1n) is 7.04. The predicted molar refractivity (Wildman–Crippen MR) is 96.4 cm³/mol. The number of cyclic esters (lactones) is 1. The van der Waals surface area contributed by atoms with Crippen molar-refractivity contribution in [1.29, 1.82) is 0 Å². The van der Waals surface area contributed by atoms with E-state index in [9.17, 15) is 4.79 Å². The minimum atomic E-state index is -0.343. The number of aromatic nitrogens is 2. The molecule has 0 N–H and O–H groups in total. The molecule has 0 fully saturated rings. The molecule has 23 heavy (non-hydrogen) atoms. The molecule has 0 aliphatic carbocycles. The summed E-state index contributed by atoms with van der Waals surface area (Å²) in [7, 11) is 0. The molecule has 0 bridgehead atoms. The number of pyridine rings is 1. The molecule has 3 aromatic rings. The molecule has 0 radical (unpaired) electrons. The fourth-order valence-electron chi connectivity index (χ4n) is 2.46. The number of ether oxygens (including phenoxy) is 1. The molecule has 0 saturated carbocycles. The maximum absolute atomic E-state index is 12.1. The van der Waals surface area contributed by atoms with Crippen molar-refractivity contribution in [2.45, 2.75) is 0 Å². The molecule has 1 aliphatic rings. The first kappa shape index (κ1) is 14.2. The molecular weight excluding hydrogens is 403 g/mol. The van der Waals surface area contributed by atoms with Gasteiger partial charge in [-0.3, -0.25) is 0 Å². The number of fused-ring (bicyclic) bond motifs is 1. The second kappa shape index (κ2) is 5.66. The van der Waals surface area contributed by atoms with Crippen LogP contribution >= 0.6 is 22.6 Å². The third-order valence-electron chi connectivity index (χ3n) is 3.60. The Morgan fingerprint density at radius 2 is 1.96 bits per heavy atom. The van der Waals surface area contributed by atoms with E-state index in [4.69, 9.17) is 4.74 Å². The quantitative estimate of drug-likeness (QED) is 0.363. The van der Waals surface area contributed by atoms with Crippen molar-refractivity contribution in [2.75, 3.05) is 0 Å². The van der Waals surface area contributed by atoms with Gasteiger partial charge in [0, 0.05) is 15.3 Å². The molecule has 0 atom stereocenters. The minimum absolute atomic E-state index is 0.343. The largest absolute Gasteiger partial charge is 0.422 e. The van der Waals surface area contributed by atoms with E-state index in [0.717, 1.165) is 20.5 Å². The lowest BCUT2D eigenvalue weighted by molar-refractivity contribution is -0.130. The molecule has 1 aliphatic heterocycles. The van der Waals surface area contributed by atoms with E-state index in [2.05, 4.69) is 27.6 Å². The van der Waals surface area contributed by atoms with Crippen molar-refractivity contribution in [2.24, 2.45) is 0 Å². The van der Waals surface area contributed by atoms with Crippen LogP contribution in [0.2, 0.25) is 0 Å². The van der Waals surface area contributed by atoms with E-state index in [0.29, 0.717) is 11.3 Å². The third-order valence-corrected chi connectivity index (χ3v) is 4.32. The molecular formula is C18H11IN2O2. The van der Waals surface area contributed by atoms with Gasteiger partial charge in [-0.15, -0.1) is 0 Å². The predicted octanol–water partition coefficient (Wildman–Crippen LogP) is 3.92. The molecule has 2 aromatic heterocycles. The number of carbonyl (C=O) groups is 1. The zero-order chi connectivity index (χ0) is 15.8. The monoisotopic (exact) mass is 414 g/mol. The summed E-state index contributed by atoms with van der Waals surface area (Å²) >= 11 is 2.24. The maximum Gasteiger partial charge on any atom is 0.343 e. The summed E-state index contributed by atoms with van der Waals surface area (Å²) in [6, 6.07) is 13.6. The highest BCUT2D eigenvalue weighted by Gasteiger charge is 2.22. The van der Waals surface area contributed by atoms with Crippen molar-refractivity contribution in [3.63, 3.8) is 0 Å². The summed E-state index contributed by atoms with van der Waals surface area (Å²) in [5.41, 5.74) is 3.09. The van der Waals surface area contributed by atoms with Gasteiger partial charge in [0.25, 0.3) is 0 Å². The highest BCUT2D eigenvalue weighted by Crippen LogP contribution is 2.27. The van der Waals surface area contributed by atoms with Gasteiger partial charge in [-0.2, -0.15) is 0 Å². The van der Waals surface area contributed by atoms with Gasteiger partial charge in [-0.1, -0.05) is 18.2 Å². The lowest BCUT2D eigenvalue weighted by Gasteiger charge is -2.01. The van der Waals surface area contributed by atoms with Crippen LogP contribution in [-0.4, -0.2) is 15.4 Å². The fraction of sp³-hybridized carbons (Fsp3) is 0. The Hall–Kier alpha value is -2.41. The van der Waals surface area contributed by atoms with Gasteiger partial charge in [0.15, 0.2) is 0 Å². The Morgan fingerprint density at radius 1 is 1.13 bits per heavy atom. The Balaban J connectivity index is 1.73. The molecule has 0 amide bonds. The molecule has 4 rings (SSSR count). The number of halogens is 1. The van der Waals surface area contributed by atoms with E-state index in [1.807, 2.05) is 53.1 Å². The van der Waals surface area contributed by atoms with Crippen LogP contribution in [0.4, 0.5) is 0 Å². The summed E-state index contributed by atoms with van der Waals surface area (Å²) in [4.78, 5) is 16.4. The molecule has 0 spiro atoms. The Morgan fingerprint density at radius 3 is 2.78 bits per heavy atom. The third kappa shape index (κ3) is 2.68. The van der Waals surface area contributed by atoms with Crippen LogP contribution in [0.25, 0.3) is 17.5 Å². The zero-order valence-corrected chi connectivity index (χ0v) is 14.1. The van der Waals surface area contributed by atoms with Crippen LogP contribution in [0.5, 0.6) is 0 Å². The lowest BCUT2D eigenvalue weighted by Crippen LogP contribution is -1.97. The van der Waals surface area contributed by atoms with Gasteiger partial charge in [-0.05, 0) is 59.0 Å². The molecule has 0 saturated heterocycles. The van der Waals surface area contributed by atoms with Crippen LogP contribution in [0, 0.1) is 3.57 Å². The highest BCUT2D eigenvalue weighted by molar-refractivity contribution is 14.1. The number of hydrogen-bond acceptors (Lipinski definition) is 3. The van der Waals surface area contributed by atoms with Crippen molar-refractivity contribution < 1.29 is 9.53 Å². The average Bonchev–Trinajstić information content (AvgIpc) is 3.13. The van der Waals surface area contributed by atoms with Crippen LogP contribution in [0.1, 0.15) is 11.3 Å². The van der Waals surface area contributed by atoms with Gasteiger partial charge in [0.05, 0.1) is 17.5 Å². The summed E-state index contributed by atoms with van der Waals surface area (Å²) < 4.78 is 8.45. The van der Waals surface area contributed by atoms with E-state index in [1.54, 1.807) is 18.3 Å². The number of esters is 1. The smallest absolute Gasteiger partial charge is 0.343 e. The van der Waals surface area contributed by atoms with E-state index >= 15 is 0 Å². The standard InChI is InChI=1S/C18H11IN2O2/c19-14-6-4-12(5-7-14)16-10-13(18(22)23-16)9-15-11-20-17-3-1-2-8-21(15)17/h1-11H/b13-9+. The highest BCUT2D eigenvalue weighted by atomic mass is 127. The number of nitrogens with zero attached hydrogens (tertiary/aromatic N) is 2. The molecule has 0 unspecified atom stereocenters. The number of hydrogen-bond donors (Lipinski definition) is 0. The Kier molecular flexibility index (Phi) is 3.49. The van der Waals surface area contributed by atoms with Crippen molar-refractivity contribution in [1.82, 2.24) is 9.38 Å². The number of imidazole rings is 1. The molecule has 3 heterocycles. The van der Waals surface area contributed by atoms with E-state index in [1.165, 1.54) is 0 Å². The summed E-state index contributed by atoms with van der Waals surface area (Å²) in [5.74, 6) is 0.232. The average molecular weight is 414 g/mol. The second-order valence-electron chi connectivity index (χ2n) is 5.12.